The molecule has 120 valence electrons. The van der Waals surface area contributed by atoms with Crippen molar-refractivity contribution in [2.75, 3.05) is 33.3 Å². The van der Waals surface area contributed by atoms with Crippen LogP contribution in [0.4, 0.5) is 4.79 Å². The van der Waals surface area contributed by atoms with Crippen molar-refractivity contribution >= 4 is 27.9 Å². The summed E-state index contributed by atoms with van der Waals surface area (Å²) in [5.74, 6) is 0.105. The molecule has 6 heteroatoms. The molecule has 0 unspecified atom stereocenters. The Kier molecular flexibility index (Phi) is 5.83. The third kappa shape index (κ3) is 4.22. The Morgan fingerprint density at radius 1 is 1.18 bits per heavy atom. The molecule has 1 aliphatic rings. The molecule has 0 spiro atoms. The summed E-state index contributed by atoms with van der Waals surface area (Å²) in [5.41, 5.74) is 2.15. The van der Waals surface area contributed by atoms with Gasteiger partial charge in [-0.3, -0.25) is 4.79 Å². The van der Waals surface area contributed by atoms with Crippen LogP contribution in [0.3, 0.4) is 0 Å². The molecule has 2 amide bonds. The first-order valence-electron chi connectivity index (χ1n) is 7.37. The van der Waals surface area contributed by atoms with E-state index in [1.165, 1.54) is 7.11 Å². The second kappa shape index (κ2) is 7.63. The lowest BCUT2D eigenvalue weighted by Crippen LogP contribution is -2.38. The number of amides is 2. The van der Waals surface area contributed by atoms with Gasteiger partial charge in [-0.1, -0.05) is 22.0 Å². The van der Waals surface area contributed by atoms with E-state index in [4.69, 9.17) is 4.74 Å². The van der Waals surface area contributed by atoms with Crippen LogP contribution < -0.4 is 0 Å². The van der Waals surface area contributed by atoms with Crippen LogP contribution in [0.2, 0.25) is 0 Å². The van der Waals surface area contributed by atoms with Gasteiger partial charge in [-0.25, -0.2) is 4.79 Å². The lowest BCUT2D eigenvalue weighted by Gasteiger charge is -2.22. The Labute approximate surface area is 139 Å². The first kappa shape index (κ1) is 16.8. The van der Waals surface area contributed by atoms with Crippen LogP contribution in [-0.2, 0) is 16.0 Å². The molecular weight excluding hydrogens is 348 g/mol. The van der Waals surface area contributed by atoms with Crippen molar-refractivity contribution in [3.63, 3.8) is 0 Å². The Balaban J connectivity index is 1.98. The van der Waals surface area contributed by atoms with E-state index in [2.05, 4.69) is 15.9 Å². The lowest BCUT2D eigenvalue weighted by molar-refractivity contribution is -0.130. The molecule has 1 aromatic rings. The number of carbonyl (C=O) groups is 2. The molecule has 0 bridgehead atoms. The number of rotatable bonds is 2. The van der Waals surface area contributed by atoms with Crippen molar-refractivity contribution in [1.29, 1.82) is 0 Å². The minimum absolute atomic E-state index is 0.105. The minimum Gasteiger partial charge on any atom is -0.453 e. The molecule has 1 saturated heterocycles. The maximum atomic E-state index is 12.5. The number of nitrogens with zero attached hydrogens (tertiary/aromatic N) is 2. The summed E-state index contributed by atoms with van der Waals surface area (Å²) in [4.78, 5) is 27.6. The molecule has 0 aliphatic carbocycles. The fourth-order valence-corrected chi connectivity index (χ4v) is 2.99. The fourth-order valence-electron chi connectivity index (χ4n) is 2.58. The average molecular weight is 369 g/mol. The van der Waals surface area contributed by atoms with Gasteiger partial charge in [-0.2, -0.15) is 0 Å². The summed E-state index contributed by atoms with van der Waals surface area (Å²) >= 11 is 3.44. The molecule has 1 aromatic carbocycles. The number of hydrogen-bond acceptors (Lipinski definition) is 3. The average Bonchev–Trinajstić information content (AvgIpc) is 2.76. The molecule has 0 radical (unpaired) electrons. The maximum Gasteiger partial charge on any atom is 0.409 e. The summed E-state index contributed by atoms with van der Waals surface area (Å²) in [6.45, 7) is 4.40. The zero-order chi connectivity index (χ0) is 16.1. The van der Waals surface area contributed by atoms with Gasteiger partial charge in [0.1, 0.15) is 0 Å². The van der Waals surface area contributed by atoms with Gasteiger partial charge < -0.3 is 14.5 Å². The lowest BCUT2D eigenvalue weighted by atomic mass is 10.1. The Hall–Kier alpha value is -1.56. The van der Waals surface area contributed by atoms with Gasteiger partial charge >= 0.3 is 6.09 Å². The Morgan fingerprint density at radius 2 is 1.86 bits per heavy atom. The zero-order valence-corrected chi connectivity index (χ0v) is 14.6. The Morgan fingerprint density at radius 3 is 2.59 bits per heavy atom. The number of hydrogen-bond donors (Lipinski definition) is 0. The molecule has 0 aromatic heterocycles. The van der Waals surface area contributed by atoms with Gasteiger partial charge in [0.15, 0.2) is 0 Å². The van der Waals surface area contributed by atoms with E-state index in [9.17, 15) is 9.59 Å². The molecule has 1 fully saturated rings. The van der Waals surface area contributed by atoms with E-state index in [-0.39, 0.29) is 12.0 Å². The highest BCUT2D eigenvalue weighted by Gasteiger charge is 2.22. The molecule has 1 aliphatic heterocycles. The molecule has 22 heavy (non-hydrogen) atoms. The summed E-state index contributed by atoms with van der Waals surface area (Å²) in [6, 6.07) is 5.98. The van der Waals surface area contributed by atoms with Gasteiger partial charge in [-0.15, -0.1) is 0 Å². The summed E-state index contributed by atoms with van der Waals surface area (Å²) in [7, 11) is 1.38. The minimum atomic E-state index is -0.322. The maximum absolute atomic E-state index is 12.5. The fraction of sp³-hybridized carbons (Fsp3) is 0.500. The first-order valence-corrected chi connectivity index (χ1v) is 8.16. The van der Waals surface area contributed by atoms with E-state index in [0.29, 0.717) is 32.6 Å². The van der Waals surface area contributed by atoms with Gasteiger partial charge in [0.05, 0.1) is 13.5 Å². The highest BCUT2D eigenvalue weighted by molar-refractivity contribution is 9.10. The second-order valence-corrected chi connectivity index (χ2v) is 6.35. The van der Waals surface area contributed by atoms with E-state index >= 15 is 0 Å². The van der Waals surface area contributed by atoms with Crippen molar-refractivity contribution in [2.24, 2.45) is 0 Å². The van der Waals surface area contributed by atoms with Crippen LogP contribution in [0, 0.1) is 6.92 Å². The number of methoxy groups -OCH3 is 1. The SMILES string of the molecule is COC(=O)N1CCCN(C(=O)Cc2cc(Br)ccc2C)CC1. The zero-order valence-electron chi connectivity index (χ0n) is 13.0. The molecule has 2 rings (SSSR count). The molecule has 0 N–H and O–H groups in total. The number of aryl methyl sites for hydroxylation is 1. The highest BCUT2D eigenvalue weighted by Crippen LogP contribution is 2.17. The number of ether oxygens (including phenoxy) is 1. The van der Waals surface area contributed by atoms with Crippen molar-refractivity contribution in [3.05, 3.63) is 33.8 Å². The second-order valence-electron chi connectivity index (χ2n) is 5.44. The largest absolute Gasteiger partial charge is 0.453 e. The smallest absolute Gasteiger partial charge is 0.409 e. The van der Waals surface area contributed by atoms with Crippen LogP contribution >= 0.6 is 15.9 Å². The van der Waals surface area contributed by atoms with Gasteiger partial charge in [0.25, 0.3) is 0 Å². The monoisotopic (exact) mass is 368 g/mol. The topological polar surface area (TPSA) is 49.9 Å². The molecule has 0 saturated carbocycles. The van der Waals surface area contributed by atoms with Crippen LogP contribution in [0.1, 0.15) is 17.5 Å². The molecule has 0 atom stereocenters. The van der Waals surface area contributed by atoms with Gasteiger partial charge in [0.2, 0.25) is 5.91 Å². The van der Waals surface area contributed by atoms with E-state index < -0.39 is 0 Å². The van der Waals surface area contributed by atoms with Crippen LogP contribution in [0.15, 0.2) is 22.7 Å². The Bertz CT molecular complexity index is 562. The third-order valence-corrected chi connectivity index (χ3v) is 4.43. The van der Waals surface area contributed by atoms with E-state index in [1.54, 1.807) is 4.90 Å². The highest BCUT2D eigenvalue weighted by atomic mass is 79.9. The number of carbonyl (C=O) groups excluding carboxylic acids is 2. The molecule has 5 nitrogen and oxygen atoms in total. The van der Waals surface area contributed by atoms with Crippen molar-refractivity contribution in [3.8, 4) is 0 Å². The summed E-state index contributed by atoms with van der Waals surface area (Å²) < 4.78 is 5.72. The van der Waals surface area contributed by atoms with Crippen molar-refractivity contribution in [2.45, 2.75) is 19.8 Å². The standard InChI is InChI=1S/C16H21BrN2O3/c1-12-4-5-14(17)10-13(12)11-15(20)18-6-3-7-19(9-8-18)16(21)22-2/h4-5,10H,3,6-9,11H2,1-2H3. The first-order chi connectivity index (χ1) is 10.5. The van der Waals surface area contributed by atoms with E-state index in [0.717, 1.165) is 22.0 Å². The van der Waals surface area contributed by atoms with Gasteiger partial charge in [0, 0.05) is 30.7 Å². The van der Waals surface area contributed by atoms with Crippen molar-refractivity contribution in [1.82, 2.24) is 9.80 Å². The third-order valence-electron chi connectivity index (χ3n) is 3.93. The van der Waals surface area contributed by atoms with Crippen LogP contribution in [0.25, 0.3) is 0 Å². The summed E-state index contributed by atoms with van der Waals surface area (Å²) in [6.07, 6.45) is 0.846. The normalized spacial score (nSPS) is 15.4. The van der Waals surface area contributed by atoms with Gasteiger partial charge in [-0.05, 0) is 36.6 Å². The summed E-state index contributed by atoms with van der Waals surface area (Å²) in [5, 5.41) is 0. The predicted octanol–water partition coefficient (Wildman–Crippen LogP) is 2.60. The van der Waals surface area contributed by atoms with Crippen LogP contribution in [0.5, 0.6) is 0 Å². The predicted molar refractivity (Wildman–Crippen MR) is 87.8 cm³/mol. The quantitative estimate of drug-likeness (QED) is 0.805. The molecule has 1 heterocycles. The number of benzene rings is 1. The van der Waals surface area contributed by atoms with Crippen LogP contribution in [-0.4, -0.2) is 55.1 Å². The van der Waals surface area contributed by atoms with E-state index in [1.807, 2.05) is 30.0 Å². The molecular formula is C16H21BrN2O3. The van der Waals surface area contributed by atoms with Crippen molar-refractivity contribution < 1.29 is 14.3 Å². The number of halogens is 1.